The summed E-state index contributed by atoms with van der Waals surface area (Å²) in [5, 5.41) is 58.2. The van der Waals surface area contributed by atoms with Crippen molar-refractivity contribution < 1.29 is 34.8 Å². The van der Waals surface area contributed by atoms with Crippen molar-refractivity contribution in [2.45, 2.75) is 137 Å². The maximum absolute atomic E-state index is 12.9. The van der Waals surface area contributed by atoms with E-state index in [2.05, 4.69) is 93.6 Å². The molecule has 13 heteroatoms. The van der Waals surface area contributed by atoms with Crippen LogP contribution in [-0.2, 0) is 56.1 Å². The molecule has 5 aromatic rings. The molecule has 8 bridgehead atoms. The van der Waals surface area contributed by atoms with Crippen LogP contribution in [0.25, 0.3) is 23.8 Å². The minimum atomic E-state index is -1.74. The molecule has 1 saturated heterocycles. The van der Waals surface area contributed by atoms with Crippen LogP contribution in [0.4, 0.5) is 5.69 Å². The highest BCUT2D eigenvalue weighted by atomic mass is 16.7. The van der Waals surface area contributed by atoms with E-state index in [1.165, 1.54) is 34.4 Å². The minimum Gasteiger partial charge on any atom is -0.455 e. The van der Waals surface area contributed by atoms with Gasteiger partial charge >= 0.3 is 5.69 Å². The highest BCUT2D eigenvalue weighted by Gasteiger charge is 2.45. The van der Waals surface area contributed by atoms with Gasteiger partial charge in [0.05, 0.1) is 22.6 Å². The van der Waals surface area contributed by atoms with Crippen molar-refractivity contribution >= 4 is 29.5 Å². The summed E-state index contributed by atoms with van der Waals surface area (Å²) >= 11 is 0. The third-order valence-electron chi connectivity index (χ3n) is 12.8. The van der Waals surface area contributed by atoms with Gasteiger partial charge in [-0.1, -0.05) is 61.5 Å². The average Bonchev–Trinajstić information content (AvgIpc) is 3.99. The van der Waals surface area contributed by atoms with Gasteiger partial charge in [0.2, 0.25) is 6.29 Å². The number of nitro groups is 1. The monoisotopic (exact) mass is 835 g/mol. The van der Waals surface area contributed by atoms with E-state index in [0.29, 0.717) is 18.4 Å². The summed E-state index contributed by atoms with van der Waals surface area (Å²) in [6, 6.07) is 4.72. The maximum Gasteiger partial charge on any atom is 0.311 e. The number of ether oxygens (including phenoxy) is 2. The Morgan fingerprint density at radius 1 is 0.623 bits per heavy atom. The lowest BCUT2D eigenvalue weighted by Crippen LogP contribution is -2.60. The van der Waals surface area contributed by atoms with E-state index in [0.717, 1.165) is 111 Å². The third-order valence-corrected chi connectivity index (χ3v) is 12.8. The number of aromatic nitrogens is 4. The number of hydrogen-bond donors (Lipinski definition) is 8. The average molecular weight is 836 g/mol. The summed E-state index contributed by atoms with van der Waals surface area (Å²) in [5.74, 6) is -0.206. The van der Waals surface area contributed by atoms with Gasteiger partial charge in [0.15, 0.2) is 5.75 Å². The van der Waals surface area contributed by atoms with Gasteiger partial charge in [-0.2, -0.15) is 0 Å². The first kappa shape index (κ1) is 43.9. The Morgan fingerprint density at radius 2 is 1.11 bits per heavy atom. The number of aromatic amines is 4. The lowest BCUT2D eigenvalue weighted by atomic mass is 9.93. The van der Waals surface area contributed by atoms with Crippen molar-refractivity contribution in [3.05, 3.63) is 123 Å². The van der Waals surface area contributed by atoms with Crippen molar-refractivity contribution in [3.8, 4) is 5.75 Å². The molecule has 1 aromatic carbocycles. The second-order valence-corrected chi connectivity index (χ2v) is 16.0. The van der Waals surface area contributed by atoms with E-state index in [1.807, 2.05) is 0 Å². The van der Waals surface area contributed by atoms with Crippen LogP contribution < -0.4 is 26.1 Å². The fraction of sp³-hybridized carbons (Fsp3) is 0.458. The molecule has 4 aromatic heterocycles. The molecular weight excluding hydrogens is 775 g/mol. The van der Waals surface area contributed by atoms with E-state index in [-0.39, 0.29) is 11.4 Å². The van der Waals surface area contributed by atoms with Gasteiger partial charge in [0.25, 0.3) is 0 Å². The summed E-state index contributed by atoms with van der Waals surface area (Å²) in [6.07, 6.45) is 5.18. The standard InChI is InChI=1S/C48H61N5O8/c1-9-25-27(11-3)35-21-37-29(13-5)31(15-7)43(51-37)42(24-17-18-40(39(19-24)53(58)59)60-48-47(57)46(56)45(55)41(23-54)61-48)44-32(16-8)30(14-6)38(52-44)22-36-28(12-4)26(10-2)34(50-36)20-33(25)49-35/h17-22,41,45-52,54-57H,9-16,23H2,1-8H3/t41-,45+,46+,47+,48-/m1/s1. The molecule has 0 amide bonds. The quantitative estimate of drug-likeness (QED) is 0.0636. The molecule has 13 nitrogen and oxygen atoms in total. The van der Waals surface area contributed by atoms with Crippen LogP contribution in [0.3, 0.4) is 0 Å². The van der Waals surface area contributed by atoms with E-state index >= 15 is 0 Å². The SMILES string of the molecule is CCc1c2[nH]c(c1CC)C=c1[nH]c(c(CC)c1CC)=C(c1ccc(O[C@@H]3O[C@H](CO)[C@H](O)[C@H](O)[C@@H]3O)c([N+](=O)[O-])c1)c1[nH]c(c(CC)c1CC)C=c1[nH]c(c(CC)c1CC)=C2. The summed E-state index contributed by atoms with van der Waals surface area (Å²) in [5.41, 5.74) is 14.6. The third kappa shape index (κ3) is 7.60. The van der Waals surface area contributed by atoms with Crippen molar-refractivity contribution in [2.75, 3.05) is 6.61 Å². The molecule has 0 saturated carbocycles. The molecule has 61 heavy (non-hydrogen) atoms. The number of nitrogens with one attached hydrogen (secondary N) is 4. The van der Waals surface area contributed by atoms with Gasteiger partial charge in [0.1, 0.15) is 24.4 Å². The highest BCUT2D eigenvalue weighted by Crippen LogP contribution is 2.37. The molecule has 0 radical (unpaired) electrons. The highest BCUT2D eigenvalue weighted by molar-refractivity contribution is 5.83. The normalized spacial score (nSPS) is 20.0. The van der Waals surface area contributed by atoms with Gasteiger partial charge < -0.3 is 49.8 Å². The number of fused-ring (bicyclic) bond motifs is 8. The Labute approximate surface area is 355 Å². The molecule has 1 fully saturated rings. The van der Waals surface area contributed by atoms with Gasteiger partial charge in [-0.25, -0.2) is 0 Å². The summed E-state index contributed by atoms with van der Waals surface area (Å²) in [7, 11) is 0. The Balaban J connectivity index is 1.60. The molecular formula is C48H61N5O8. The molecule has 0 spiro atoms. The number of nitro benzene ring substituents is 1. The maximum atomic E-state index is 12.9. The van der Waals surface area contributed by atoms with Gasteiger partial charge in [-0.05, 0) is 126 Å². The zero-order chi connectivity index (χ0) is 43.9. The zero-order valence-electron chi connectivity index (χ0n) is 36.6. The topological polar surface area (TPSA) is 206 Å². The van der Waals surface area contributed by atoms with E-state index < -0.39 is 42.2 Å². The predicted molar refractivity (Wildman–Crippen MR) is 236 cm³/mol. The zero-order valence-corrected chi connectivity index (χ0v) is 36.6. The molecule has 7 rings (SSSR count). The number of rotatable bonds is 13. The number of H-pyrrole nitrogens is 4. The van der Waals surface area contributed by atoms with Crippen LogP contribution in [0.5, 0.6) is 5.75 Å². The van der Waals surface area contributed by atoms with Crippen LogP contribution in [0, 0.1) is 10.1 Å². The number of aliphatic hydroxyl groups excluding tert-OH is 4. The Hall–Kier alpha value is -5.18. The first-order chi connectivity index (χ1) is 29.4. The Bertz CT molecular complexity index is 2700. The van der Waals surface area contributed by atoms with Crippen molar-refractivity contribution in [2.24, 2.45) is 0 Å². The molecule has 326 valence electrons. The molecule has 2 aliphatic rings. The largest absolute Gasteiger partial charge is 0.455 e. The molecule has 2 aliphatic heterocycles. The van der Waals surface area contributed by atoms with E-state index in [1.54, 1.807) is 6.07 Å². The van der Waals surface area contributed by atoms with Crippen molar-refractivity contribution in [1.82, 2.24) is 19.9 Å². The molecule has 5 atom stereocenters. The molecule has 8 N–H and O–H groups in total. The van der Waals surface area contributed by atoms with Gasteiger partial charge in [-0.3, -0.25) is 10.1 Å². The van der Waals surface area contributed by atoms with E-state index in [4.69, 9.17) is 9.47 Å². The van der Waals surface area contributed by atoms with Gasteiger partial charge in [-0.15, -0.1) is 0 Å². The lowest BCUT2D eigenvalue weighted by molar-refractivity contribution is -0.387. The number of benzene rings is 1. The van der Waals surface area contributed by atoms with Crippen molar-refractivity contribution in [3.63, 3.8) is 0 Å². The molecule has 0 aliphatic carbocycles. The molecule has 0 unspecified atom stereocenters. The number of hydrogen-bond acceptors (Lipinski definition) is 8. The lowest BCUT2D eigenvalue weighted by Gasteiger charge is -2.39. The summed E-state index contributed by atoms with van der Waals surface area (Å²) in [6.45, 7) is 16.7. The number of aliphatic hydroxyl groups is 4. The first-order valence-electron chi connectivity index (χ1n) is 22.0. The Morgan fingerprint density at radius 3 is 1.62 bits per heavy atom. The van der Waals surface area contributed by atoms with Crippen LogP contribution in [-0.4, -0.2) is 82.6 Å². The van der Waals surface area contributed by atoms with Crippen LogP contribution in [0.15, 0.2) is 18.2 Å². The second kappa shape index (κ2) is 18.0. The number of nitrogens with zero attached hydrogens (tertiary/aromatic N) is 1. The van der Waals surface area contributed by atoms with Gasteiger partial charge in [0, 0.05) is 44.8 Å². The smallest absolute Gasteiger partial charge is 0.311 e. The minimum absolute atomic E-state index is 0.206. The predicted octanol–water partition coefficient (Wildman–Crippen LogP) is 3.63. The van der Waals surface area contributed by atoms with Crippen LogP contribution in [0.1, 0.15) is 128 Å². The summed E-state index contributed by atoms with van der Waals surface area (Å²) < 4.78 is 11.5. The van der Waals surface area contributed by atoms with Crippen LogP contribution in [0.2, 0.25) is 0 Å². The van der Waals surface area contributed by atoms with Crippen molar-refractivity contribution in [1.29, 1.82) is 0 Å². The Kier molecular flexibility index (Phi) is 13.0. The fourth-order valence-electron chi connectivity index (χ4n) is 9.86. The van der Waals surface area contributed by atoms with Crippen LogP contribution >= 0.6 is 0 Å². The van der Waals surface area contributed by atoms with E-state index in [9.17, 15) is 30.5 Å². The summed E-state index contributed by atoms with van der Waals surface area (Å²) in [4.78, 5) is 27.8. The second-order valence-electron chi connectivity index (χ2n) is 16.0. The molecule has 6 heterocycles. The fourth-order valence-corrected chi connectivity index (χ4v) is 9.86. The first-order valence-corrected chi connectivity index (χ1v) is 22.0.